The molecule has 1 N–H and O–H groups in total. The molecule has 0 amide bonds. The third kappa shape index (κ3) is 5.37. The summed E-state index contributed by atoms with van der Waals surface area (Å²) in [4.78, 5) is 26.4. The molecule has 0 atom stereocenters. The van der Waals surface area contributed by atoms with E-state index in [1.54, 1.807) is 19.2 Å². The number of aromatic nitrogens is 1. The molecule has 0 radical (unpaired) electrons. The summed E-state index contributed by atoms with van der Waals surface area (Å²) in [6.45, 7) is 2.68. The van der Waals surface area contributed by atoms with Crippen LogP contribution < -0.4 is 5.32 Å². The number of ether oxygens (including phenoxy) is 2. The number of methoxy groups -OCH3 is 1. The second-order valence-electron chi connectivity index (χ2n) is 3.79. The number of nitrogens with zero attached hydrogens (tertiary/aromatic N) is 1. The van der Waals surface area contributed by atoms with E-state index in [9.17, 15) is 9.59 Å². The van der Waals surface area contributed by atoms with Crippen molar-refractivity contribution in [3.05, 3.63) is 24.0 Å². The average Bonchev–Trinajstić information content (AvgIpc) is 2.44. The highest BCUT2D eigenvalue weighted by Gasteiger charge is 2.07. The fraction of sp³-hybridized carbons (Fsp3) is 0.462. The molecule has 1 heterocycles. The number of rotatable bonds is 7. The van der Waals surface area contributed by atoms with Crippen molar-refractivity contribution >= 4 is 17.6 Å². The van der Waals surface area contributed by atoms with E-state index in [0.717, 1.165) is 5.69 Å². The summed E-state index contributed by atoms with van der Waals surface area (Å²) in [5, 5.41) is 3.08. The van der Waals surface area contributed by atoms with Crippen LogP contribution in [0, 0.1) is 0 Å². The molecule has 1 aromatic heterocycles. The van der Waals surface area contributed by atoms with Crippen molar-refractivity contribution in [3.63, 3.8) is 0 Å². The maximum absolute atomic E-state index is 11.5. The number of hydrogen-bond acceptors (Lipinski definition) is 6. The molecule has 0 aromatic carbocycles. The Morgan fingerprint density at radius 1 is 1.37 bits per heavy atom. The first kappa shape index (κ1) is 14.9. The number of hydrogen-bond donors (Lipinski definition) is 1. The van der Waals surface area contributed by atoms with Gasteiger partial charge in [-0.05, 0) is 19.4 Å². The highest BCUT2D eigenvalue weighted by atomic mass is 16.5. The number of anilines is 1. The Labute approximate surface area is 112 Å². The first-order chi connectivity index (χ1) is 9.17. The molecule has 0 aliphatic carbocycles. The van der Waals surface area contributed by atoms with Crippen molar-refractivity contribution in [2.75, 3.05) is 25.6 Å². The van der Waals surface area contributed by atoms with Crippen molar-refractivity contribution in [1.82, 2.24) is 4.98 Å². The highest BCUT2D eigenvalue weighted by molar-refractivity contribution is 5.90. The molecule has 0 aliphatic heterocycles. The van der Waals surface area contributed by atoms with Gasteiger partial charge in [0.05, 0.1) is 25.0 Å². The first-order valence-corrected chi connectivity index (χ1v) is 6.10. The second-order valence-corrected chi connectivity index (χ2v) is 3.79. The quantitative estimate of drug-likeness (QED) is 0.597. The second kappa shape index (κ2) is 8.07. The lowest BCUT2D eigenvalue weighted by atomic mass is 10.2. The fourth-order valence-corrected chi connectivity index (χ4v) is 1.43. The van der Waals surface area contributed by atoms with Gasteiger partial charge in [-0.1, -0.05) is 0 Å². The van der Waals surface area contributed by atoms with E-state index in [2.05, 4.69) is 15.0 Å². The molecule has 1 rings (SSSR count). The zero-order valence-electron chi connectivity index (χ0n) is 11.1. The standard InChI is InChI=1S/C13H18N2O4/c1-3-19-13(17)10-7-11(9-14-8-10)15-6-4-5-12(16)18-2/h7-9,15H,3-6H2,1-2H3. The van der Waals surface area contributed by atoms with Crippen molar-refractivity contribution < 1.29 is 19.1 Å². The van der Waals surface area contributed by atoms with E-state index in [4.69, 9.17) is 4.74 Å². The summed E-state index contributed by atoms with van der Waals surface area (Å²) < 4.78 is 9.43. The van der Waals surface area contributed by atoms with Crippen LogP contribution in [0.2, 0.25) is 0 Å². The summed E-state index contributed by atoms with van der Waals surface area (Å²) in [5.41, 5.74) is 1.12. The highest BCUT2D eigenvalue weighted by Crippen LogP contribution is 2.09. The van der Waals surface area contributed by atoms with E-state index < -0.39 is 5.97 Å². The molecule has 1 aromatic rings. The number of pyridine rings is 1. The molecule has 0 spiro atoms. The van der Waals surface area contributed by atoms with Gasteiger partial charge in [-0.2, -0.15) is 0 Å². The summed E-state index contributed by atoms with van der Waals surface area (Å²) >= 11 is 0. The summed E-state index contributed by atoms with van der Waals surface area (Å²) in [6, 6.07) is 1.67. The smallest absolute Gasteiger partial charge is 0.339 e. The molecule has 19 heavy (non-hydrogen) atoms. The first-order valence-electron chi connectivity index (χ1n) is 6.10. The Bertz CT molecular complexity index is 434. The zero-order chi connectivity index (χ0) is 14.1. The Morgan fingerprint density at radius 3 is 2.84 bits per heavy atom. The molecule has 104 valence electrons. The molecule has 6 nitrogen and oxygen atoms in total. The lowest BCUT2D eigenvalue weighted by Crippen LogP contribution is -2.09. The molecule has 0 bridgehead atoms. The van der Waals surface area contributed by atoms with Crippen LogP contribution in [-0.2, 0) is 14.3 Å². The predicted molar refractivity (Wildman–Crippen MR) is 69.9 cm³/mol. The van der Waals surface area contributed by atoms with Gasteiger partial charge in [-0.15, -0.1) is 0 Å². The fourth-order valence-electron chi connectivity index (χ4n) is 1.43. The van der Waals surface area contributed by atoms with E-state index in [1.807, 2.05) is 0 Å². The van der Waals surface area contributed by atoms with Gasteiger partial charge in [0.15, 0.2) is 0 Å². The van der Waals surface area contributed by atoms with Gasteiger partial charge in [0.2, 0.25) is 0 Å². The molecule has 0 saturated carbocycles. The zero-order valence-corrected chi connectivity index (χ0v) is 11.1. The van der Waals surface area contributed by atoms with Gasteiger partial charge in [0.25, 0.3) is 0 Å². The van der Waals surface area contributed by atoms with Gasteiger partial charge in [-0.3, -0.25) is 9.78 Å². The van der Waals surface area contributed by atoms with Crippen molar-refractivity contribution in [1.29, 1.82) is 0 Å². The lowest BCUT2D eigenvalue weighted by molar-refractivity contribution is -0.140. The SMILES string of the molecule is CCOC(=O)c1cncc(NCCCC(=O)OC)c1. The van der Waals surface area contributed by atoms with Crippen LogP contribution in [0.3, 0.4) is 0 Å². The molecule has 0 saturated heterocycles. The van der Waals surface area contributed by atoms with E-state index in [1.165, 1.54) is 13.3 Å². The van der Waals surface area contributed by atoms with Crippen molar-refractivity contribution in [2.24, 2.45) is 0 Å². The van der Waals surface area contributed by atoms with Crippen LogP contribution in [-0.4, -0.2) is 37.2 Å². The third-order valence-electron chi connectivity index (χ3n) is 2.36. The van der Waals surface area contributed by atoms with Gasteiger partial charge in [0, 0.05) is 25.4 Å². The van der Waals surface area contributed by atoms with Crippen LogP contribution in [0.1, 0.15) is 30.1 Å². The van der Waals surface area contributed by atoms with Gasteiger partial charge in [-0.25, -0.2) is 4.79 Å². The number of carbonyl (C=O) groups excluding carboxylic acids is 2. The van der Waals surface area contributed by atoms with Gasteiger partial charge >= 0.3 is 11.9 Å². The number of carbonyl (C=O) groups is 2. The predicted octanol–water partition coefficient (Wildman–Crippen LogP) is 1.62. The third-order valence-corrected chi connectivity index (χ3v) is 2.36. The monoisotopic (exact) mass is 266 g/mol. The van der Waals surface area contributed by atoms with E-state index in [0.29, 0.717) is 31.6 Å². The lowest BCUT2D eigenvalue weighted by Gasteiger charge is -2.07. The van der Waals surface area contributed by atoms with Crippen molar-refractivity contribution in [2.45, 2.75) is 19.8 Å². The van der Waals surface area contributed by atoms with Crippen LogP contribution in [0.25, 0.3) is 0 Å². The Hall–Kier alpha value is -2.11. The van der Waals surface area contributed by atoms with E-state index >= 15 is 0 Å². The minimum Gasteiger partial charge on any atom is -0.469 e. The largest absolute Gasteiger partial charge is 0.469 e. The van der Waals surface area contributed by atoms with Gasteiger partial charge in [0.1, 0.15) is 0 Å². The average molecular weight is 266 g/mol. The summed E-state index contributed by atoms with van der Waals surface area (Å²) in [6.07, 6.45) is 4.07. The molecule has 6 heteroatoms. The van der Waals surface area contributed by atoms with Crippen LogP contribution in [0.4, 0.5) is 5.69 Å². The number of nitrogens with one attached hydrogen (secondary N) is 1. The molecule has 0 fully saturated rings. The summed E-state index contributed by atoms with van der Waals surface area (Å²) in [7, 11) is 1.36. The maximum Gasteiger partial charge on any atom is 0.339 e. The Balaban J connectivity index is 2.44. The molecular formula is C13H18N2O4. The molecular weight excluding hydrogens is 248 g/mol. The maximum atomic E-state index is 11.5. The molecule has 0 aliphatic rings. The molecule has 0 unspecified atom stereocenters. The number of esters is 2. The van der Waals surface area contributed by atoms with Crippen LogP contribution >= 0.6 is 0 Å². The van der Waals surface area contributed by atoms with Crippen molar-refractivity contribution in [3.8, 4) is 0 Å². The Kier molecular flexibility index (Phi) is 6.35. The minimum atomic E-state index is -0.395. The topological polar surface area (TPSA) is 77.5 Å². The normalized spacial score (nSPS) is 9.79. The van der Waals surface area contributed by atoms with Crippen LogP contribution in [0.5, 0.6) is 0 Å². The minimum absolute atomic E-state index is 0.236. The Morgan fingerprint density at radius 2 is 2.16 bits per heavy atom. The van der Waals surface area contributed by atoms with E-state index in [-0.39, 0.29) is 5.97 Å². The van der Waals surface area contributed by atoms with Crippen LogP contribution in [0.15, 0.2) is 18.5 Å². The summed E-state index contributed by atoms with van der Waals surface area (Å²) in [5.74, 6) is -0.631. The van der Waals surface area contributed by atoms with Gasteiger partial charge < -0.3 is 14.8 Å².